The molecule has 0 saturated carbocycles. The maximum absolute atomic E-state index is 10.0. The minimum absolute atomic E-state index is 0. The van der Waals surface area contributed by atoms with Crippen LogP contribution in [0.3, 0.4) is 0 Å². The number of aliphatic hydroxyl groups is 7. The predicted octanol–water partition coefficient (Wildman–Crippen LogP) is -3.37. The van der Waals surface area contributed by atoms with Crippen molar-refractivity contribution in [1.82, 2.24) is 0 Å². The van der Waals surface area contributed by atoms with Crippen molar-refractivity contribution in [2.45, 2.75) is 54.8 Å². The van der Waals surface area contributed by atoms with Gasteiger partial charge in [-0.3, -0.25) is 4.29 Å². The largest absolute Gasteiger partial charge is 0.394 e. The standard InChI is InChI=1S/C12H21ClO11.2ClH/c13-21-2-5-6(16)8(18)9(19)11(22-5)24-12(3-15)10(20)7(17)4(1-14)23-12;;/h4-11,14-20H,1-3H2;2*1H/t4-,5-,6-,7-,8+,9-,10+,11-,12+;;/m1../s1. The van der Waals surface area contributed by atoms with Crippen LogP contribution in [0, 0.1) is 0 Å². The van der Waals surface area contributed by atoms with E-state index in [2.05, 4.69) is 4.29 Å². The zero-order valence-electron chi connectivity index (χ0n) is 13.2. The minimum atomic E-state index is -2.22. The molecule has 2 aliphatic rings. The van der Waals surface area contributed by atoms with E-state index in [1.165, 1.54) is 0 Å². The van der Waals surface area contributed by atoms with Gasteiger partial charge in [0.1, 0.15) is 49.3 Å². The SMILES string of the molecule is Cl.Cl.OC[C@H]1O[C@@](CO)(O[C@H]2O[C@H](COCl)[C@@H](O)[C@H](O)[C@H]2O)[C@@H](O)[C@@H]1O. The van der Waals surface area contributed by atoms with E-state index in [-0.39, 0.29) is 31.4 Å². The summed E-state index contributed by atoms with van der Waals surface area (Å²) in [4.78, 5) is 0. The first kappa shape index (κ1) is 26.4. The lowest BCUT2D eigenvalue weighted by atomic mass is 9.99. The molecule has 9 atom stereocenters. The van der Waals surface area contributed by atoms with Gasteiger partial charge in [-0.05, 0) is 0 Å². The zero-order chi connectivity index (χ0) is 18.1. The minimum Gasteiger partial charge on any atom is -0.394 e. The number of rotatable bonds is 6. The molecule has 7 N–H and O–H groups in total. The molecule has 2 rings (SSSR count). The summed E-state index contributed by atoms with van der Waals surface area (Å²) >= 11 is 5.10. The van der Waals surface area contributed by atoms with Gasteiger partial charge in [0.25, 0.3) is 0 Å². The molecule has 0 radical (unpaired) electrons. The average Bonchev–Trinajstić information content (AvgIpc) is 2.82. The first-order valence-electron chi connectivity index (χ1n) is 7.18. The molecule has 11 nitrogen and oxygen atoms in total. The van der Waals surface area contributed by atoms with Crippen LogP contribution < -0.4 is 0 Å². The quantitative estimate of drug-likeness (QED) is 0.215. The molecule has 0 bridgehead atoms. The molecule has 0 aromatic heterocycles. The van der Waals surface area contributed by atoms with Crippen LogP contribution in [-0.2, 0) is 18.5 Å². The molecule has 2 saturated heterocycles. The van der Waals surface area contributed by atoms with Gasteiger partial charge in [-0.1, -0.05) is 0 Å². The van der Waals surface area contributed by atoms with E-state index in [0.717, 1.165) is 0 Å². The Morgan fingerprint density at radius 3 is 1.96 bits per heavy atom. The molecule has 0 unspecified atom stereocenters. The summed E-state index contributed by atoms with van der Waals surface area (Å²) in [6, 6.07) is 0. The summed E-state index contributed by atoms with van der Waals surface area (Å²) in [6.07, 6.45) is -12.4. The fourth-order valence-electron chi connectivity index (χ4n) is 2.68. The Bertz CT molecular complexity index is 422. The Morgan fingerprint density at radius 2 is 1.50 bits per heavy atom. The van der Waals surface area contributed by atoms with Crippen molar-refractivity contribution in [1.29, 1.82) is 0 Å². The van der Waals surface area contributed by atoms with Crippen molar-refractivity contribution in [2.24, 2.45) is 0 Å². The summed E-state index contributed by atoms with van der Waals surface area (Å²) in [5.74, 6) is -2.22. The summed E-state index contributed by atoms with van der Waals surface area (Å²) in [5.41, 5.74) is 0. The number of ether oxygens (including phenoxy) is 3. The Morgan fingerprint density at radius 1 is 0.885 bits per heavy atom. The summed E-state index contributed by atoms with van der Waals surface area (Å²) < 4.78 is 20.0. The molecule has 26 heavy (non-hydrogen) atoms. The molecule has 0 aliphatic carbocycles. The first-order valence-corrected chi connectivity index (χ1v) is 7.48. The van der Waals surface area contributed by atoms with Gasteiger partial charge in [0.15, 0.2) is 6.29 Å². The molecule has 14 heteroatoms. The lowest BCUT2D eigenvalue weighted by Crippen LogP contribution is -2.62. The highest BCUT2D eigenvalue weighted by molar-refractivity contribution is 6.07. The zero-order valence-corrected chi connectivity index (χ0v) is 15.6. The predicted molar refractivity (Wildman–Crippen MR) is 87.9 cm³/mol. The number of hydrogen-bond acceptors (Lipinski definition) is 11. The van der Waals surface area contributed by atoms with E-state index >= 15 is 0 Å². The van der Waals surface area contributed by atoms with Crippen molar-refractivity contribution >= 4 is 36.7 Å². The molecule has 0 amide bonds. The number of halogens is 3. The topological polar surface area (TPSA) is 179 Å². The monoisotopic (exact) mass is 448 g/mol. The third-order valence-electron chi connectivity index (χ3n) is 4.12. The number of hydrogen-bond donors (Lipinski definition) is 7. The Kier molecular flexibility index (Phi) is 11.0. The van der Waals surface area contributed by atoms with Gasteiger partial charge in [-0.2, -0.15) is 0 Å². The van der Waals surface area contributed by atoms with Crippen molar-refractivity contribution in [3.63, 3.8) is 0 Å². The van der Waals surface area contributed by atoms with Crippen LogP contribution in [0.5, 0.6) is 0 Å². The van der Waals surface area contributed by atoms with Crippen LogP contribution in [0.4, 0.5) is 0 Å². The van der Waals surface area contributed by atoms with Crippen LogP contribution in [0.1, 0.15) is 0 Å². The van der Waals surface area contributed by atoms with Gasteiger partial charge in [-0.15, -0.1) is 24.8 Å². The van der Waals surface area contributed by atoms with E-state index < -0.39 is 68.0 Å². The van der Waals surface area contributed by atoms with Crippen LogP contribution in [-0.4, -0.2) is 110 Å². The van der Waals surface area contributed by atoms with Crippen LogP contribution >= 0.6 is 36.7 Å². The van der Waals surface area contributed by atoms with Gasteiger partial charge in [0.2, 0.25) is 5.79 Å². The van der Waals surface area contributed by atoms with E-state index in [1.54, 1.807) is 0 Å². The summed E-state index contributed by atoms with van der Waals surface area (Å²) in [7, 11) is 0. The third-order valence-corrected chi connectivity index (χ3v) is 4.24. The third kappa shape index (κ3) is 4.88. The van der Waals surface area contributed by atoms with Crippen LogP contribution in [0.15, 0.2) is 0 Å². The average molecular weight is 450 g/mol. The van der Waals surface area contributed by atoms with Crippen molar-refractivity contribution in [3.8, 4) is 0 Å². The first-order chi connectivity index (χ1) is 11.3. The molecule has 0 spiro atoms. The molecule has 0 aromatic rings. The Labute approximate surface area is 166 Å². The molecular weight excluding hydrogens is 426 g/mol. The van der Waals surface area contributed by atoms with E-state index in [0.29, 0.717) is 0 Å². The van der Waals surface area contributed by atoms with E-state index in [1.807, 2.05) is 0 Å². The second-order valence-corrected chi connectivity index (χ2v) is 5.87. The highest BCUT2D eigenvalue weighted by atomic mass is 35.5. The fraction of sp³-hybridized carbons (Fsp3) is 1.00. The molecule has 2 fully saturated rings. The molecule has 158 valence electrons. The fourth-order valence-corrected chi connectivity index (χ4v) is 2.80. The maximum atomic E-state index is 10.0. The highest BCUT2D eigenvalue weighted by Gasteiger charge is 2.58. The normalized spacial score (nSPS) is 45.7. The summed E-state index contributed by atoms with van der Waals surface area (Å²) in [5, 5.41) is 68.1. The lowest BCUT2D eigenvalue weighted by Gasteiger charge is -2.43. The van der Waals surface area contributed by atoms with Gasteiger partial charge < -0.3 is 50.0 Å². The van der Waals surface area contributed by atoms with E-state index in [4.69, 9.17) is 31.2 Å². The van der Waals surface area contributed by atoms with Crippen molar-refractivity contribution < 1.29 is 54.2 Å². The molecule has 2 aliphatic heterocycles. The Balaban J connectivity index is 0.00000312. The second kappa shape index (κ2) is 10.8. The van der Waals surface area contributed by atoms with Crippen molar-refractivity contribution in [2.75, 3.05) is 19.8 Å². The molecule has 2 heterocycles. The van der Waals surface area contributed by atoms with Gasteiger partial charge >= 0.3 is 0 Å². The van der Waals surface area contributed by atoms with Gasteiger partial charge in [0, 0.05) is 0 Å². The van der Waals surface area contributed by atoms with Crippen LogP contribution in [0.25, 0.3) is 0 Å². The smallest absolute Gasteiger partial charge is 0.224 e. The van der Waals surface area contributed by atoms with Gasteiger partial charge in [-0.25, -0.2) is 0 Å². The second-order valence-electron chi connectivity index (χ2n) is 5.65. The molecule has 0 aromatic carbocycles. The lowest BCUT2D eigenvalue weighted by molar-refractivity contribution is -0.383. The van der Waals surface area contributed by atoms with Gasteiger partial charge in [0.05, 0.1) is 25.1 Å². The van der Waals surface area contributed by atoms with Crippen LogP contribution in [0.2, 0.25) is 0 Å². The maximum Gasteiger partial charge on any atom is 0.224 e. The number of aliphatic hydroxyl groups excluding tert-OH is 7. The van der Waals surface area contributed by atoms with E-state index in [9.17, 15) is 30.6 Å². The summed E-state index contributed by atoms with van der Waals surface area (Å²) in [6.45, 7) is -1.98. The van der Waals surface area contributed by atoms with Crippen molar-refractivity contribution in [3.05, 3.63) is 0 Å². The molecular formula is C12H23Cl3O11. The highest BCUT2D eigenvalue weighted by Crippen LogP contribution is 2.35. The Hall–Kier alpha value is 0.430.